The van der Waals surface area contributed by atoms with Crippen LogP contribution in [-0.4, -0.2) is 47.0 Å². The highest BCUT2D eigenvalue weighted by molar-refractivity contribution is 7.89. The molecule has 1 fully saturated rings. The van der Waals surface area contributed by atoms with Gasteiger partial charge in [-0.25, -0.2) is 13.4 Å². The van der Waals surface area contributed by atoms with E-state index in [2.05, 4.69) is 23.4 Å². The second-order valence-electron chi connectivity index (χ2n) is 7.60. The van der Waals surface area contributed by atoms with Crippen LogP contribution in [-0.2, 0) is 16.6 Å². The smallest absolute Gasteiger partial charge is 0.243 e. The third-order valence-corrected chi connectivity index (χ3v) is 7.52. The average Bonchev–Trinajstić information content (AvgIpc) is 3.39. The second-order valence-corrected chi connectivity index (χ2v) is 9.54. The Morgan fingerprint density at radius 2 is 1.97 bits per heavy atom. The van der Waals surface area contributed by atoms with Gasteiger partial charge in [-0.3, -0.25) is 4.98 Å². The van der Waals surface area contributed by atoms with Crippen molar-refractivity contribution in [1.29, 1.82) is 0 Å². The summed E-state index contributed by atoms with van der Waals surface area (Å²) >= 11 is 0. The number of pyridine rings is 1. The summed E-state index contributed by atoms with van der Waals surface area (Å²) in [5, 5.41) is 0. The zero-order chi connectivity index (χ0) is 21.1. The van der Waals surface area contributed by atoms with E-state index in [1.54, 1.807) is 34.8 Å². The Balaban J connectivity index is 1.51. The summed E-state index contributed by atoms with van der Waals surface area (Å²) in [5.41, 5.74) is 1.90. The molecule has 1 aliphatic heterocycles. The van der Waals surface area contributed by atoms with E-state index in [1.807, 2.05) is 12.3 Å². The molecule has 160 valence electrons. The molecule has 1 aromatic carbocycles. The van der Waals surface area contributed by atoms with Crippen molar-refractivity contribution in [1.82, 2.24) is 18.8 Å². The summed E-state index contributed by atoms with van der Waals surface area (Å²) in [7, 11) is -3.54. The van der Waals surface area contributed by atoms with Gasteiger partial charge in [0.25, 0.3) is 0 Å². The van der Waals surface area contributed by atoms with Gasteiger partial charge >= 0.3 is 0 Å². The predicted octanol–water partition coefficient (Wildman–Crippen LogP) is 3.81. The third kappa shape index (κ3) is 3.94. The molecular formula is C22H28N4O3S. The first-order valence-corrected chi connectivity index (χ1v) is 12.0. The number of benzene rings is 1. The molecule has 0 unspecified atom stereocenters. The number of rotatable bonds is 8. The minimum Gasteiger partial charge on any atom is -0.494 e. The maximum atomic E-state index is 13.2. The fourth-order valence-electron chi connectivity index (χ4n) is 3.98. The molecule has 4 rings (SSSR count). The SMILES string of the molecule is CCCCOc1ccc(S(=O)(=O)N2CC[C@H](c3nc4ccncc4n3CC)C2)cc1. The molecule has 0 spiro atoms. The second kappa shape index (κ2) is 8.73. The maximum absolute atomic E-state index is 13.2. The van der Waals surface area contributed by atoms with Crippen molar-refractivity contribution in [3.8, 4) is 5.75 Å². The number of fused-ring (bicyclic) bond motifs is 1. The Bertz CT molecular complexity index is 1110. The highest BCUT2D eigenvalue weighted by Gasteiger charge is 2.35. The van der Waals surface area contributed by atoms with E-state index < -0.39 is 10.0 Å². The van der Waals surface area contributed by atoms with Crippen molar-refractivity contribution >= 4 is 21.1 Å². The summed E-state index contributed by atoms with van der Waals surface area (Å²) in [6.45, 7) is 6.53. The summed E-state index contributed by atoms with van der Waals surface area (Å²) < 4.78 is 35.7. The van der Waals surface area contributed by atoms with Crippen molar-refractivity contribution in [2.75, 3.05) is 19.7 Å². The maximum Gasteiger partial charge on any atom is 0.243 e. The number of imidazole rings is 1. The fraction of sp³-hybridized carbons (Fsp3) is 0.455. The lowest BCUT2D eigenvalue weighted by Gasteiger charge is -2.17. The largest absolute Gasteiger partial charge is 0.494 e. The number of hydrogen-bond acceptors (Lipinski definition) is 5. The van der Waals surface area contributed by atoms with E-state index in [-0.39, 0.29) is 5.92 Å². The number of ether oxygens (including phenoxy) is 1. The predicted molar refractivity (Wildman–Crippen MR) is 116 cm³/mol. The van der Waals surface area contributed by atoms with Crippen LogP contribution >= 0.6 is 0 Å². The first-order chi connectivity index (χ1) is 14.5. The van der Waals surface area contributed by atoms with Gasteiger partial charge in [0.05, 0.1) is 28.7 Å². The highest BCUT2D eigenvalue weighted by Crippen LogP contribution is 2.32. The number of unbranched alkanes of at least 4 members (excludes halogenated alkanes) is 1. The van der Waals surface area contributed by atoms with E-state index in [0.29, 0.717) is 30.3 Å². The molecule has 1 saturated heterocycles. The normalized spacial score (nSPS) is 17.6. The van der Waals surface area contributed by atoms with Crippen molar-refractivity contribution in [2.45, 2.75) is 50.5 Å². The monoisotopic (exact) mass is 428 g/mol. The Kier molecular flexibility index (Phi) is 6.06. The molecule has 0 saturated carbocycles. The van der Waals surface area contributed by atoms with Crippen LogP contribution in [0.25, 0.3) is 11.0 Å². The molecule has 0 N–H and O–H groups in total. The van der Waals surface area contributed by atoms with E-state index >= 15 is 0 Å². The molecule has 30 heavy (non-hydrogen) atoms. The van der Waals surface area contributed by atoms with Crippen molar-refractivity contribution in [3.63, 3.8) is 0 Å². The van der Waals surface area contributed by atoms with Gasteiger partial charge in [-0.1, -0.05) is 13.3 Å². The zero-order valence-electron chi connectivity index (χ0n) is 17.5. The van der Waals surface area contributed by atoms with Crippen molar-refractivity contribution < 1.29 is 13.2 Å². The van der Waals surface area contributed by atoms with Crippen LogP contribution in [0.5, 0.6) is 5.75 Å². The number of hydrogen-bond donors (Lipinski definition) is 0. The molecule has 0 bridgehead atoms. The molecule has 8 heteroatoms. The molecule has 0 radical (unpaired) electrons. The van der Waals surface area contributed by atoms with Crippen LogP contribution in [0.4, 0.5) is 0 Å². The Morgan fingerprint density at radius 3 is 2.70 bits per heavy atom. The van der Waals surface area contributed by atoms with Crippen LogP contribution in [0.2, 0.25) is 0 Å². The van der Waals surface area contributed by atoms with Crippen LogP contribution in [0.1, 0.15) is 44.9 Å². The number of aromatic nitrogens is 3. The standard InChI is InChI=1S/C22H28N4O3S/c1-3-5-14-29-18-6-8-19(9-7-18)30(27,28)25-13-11-17(16-25)22-24-20-10-12-23-15-21(20)26(22)4-2/h6-10,12,15,17H,3-5,11,13-14,16H2,1-2H3/t17-/m0/s1. The summed E-state index contributed by atoms with van der Waals surface area (Å²) in [4.78, 5) is 9.30. The third-order valence-electron chi connectivity index (χ3n) is 5.64. The Morgan fingerprint density at radius 1 is 1.17 bits per heavy atom. The quantitative estimate of drug-likeness (QED) is 0.510. The lowest BCUT2D eigenvalue weighted by Crippen LogP contribution is -2.29. The van der Waals surface area contributed by atoms with Gasteiger partial charge < -0.3 is 9.30 Å². The molecule has 3 heterocycles. The van der Waals surface area contributed by atoms with E-state index in [1.165, 1.54) is 0 Å². The van der Waals surface area contributed by atoms with Crippen LogP contribution in [0, 0.1) is 0 Å². The average molecular weight is 429 g/mol. The molecule has 7 nitrogen and oxygen atoms in total. The summed E-state index contributed by atoms with van der Waals surface area (Å²) in [6.07, 6.45) is 6.36. The van der Waals surface area contributed by atoms with Gasteiger partial charge in [-0.05, 0) is 50.1 Å². The van der Waals surface area contributed by atoms with Crippen LogP contribution in [0.15, 0.2) is 47.6 Å². The lowest BCUT2D eigenvalue weighted by molar-refractivity contribution is 0.309. The molecule has 0 amide bonds. The Hall–Kier alpha value is -2.45. The molecule has 0 aliphatic carbocycles. The molecule has 2 aromatic heterocycles. The highest BCUT2D eigenvalue weighted by atomic mass is 32.2. The van der Waals surface area contributed by atoms with Crippen molar-refractivity contribution in [2.24, 2.45) is 0 Å². The minimum absolute atomic E-state index is 0.0729. The number of sulfonamides is 1. The first kappa shape index (κ1) is 20.8. The van der Waals surface area contributed by atoms with Gasteiger partial charge in [0.15, 0.2) is 0 Å². The molecule has 1 aliphatic rings. The van der Waals surface area contributed by atoms with E-state index in [9.17, 15) is 8.42 Å². The van der Waals surface area contributed by atoms with Gasteiger partial charge in [0.2, 0.25) is 10.0 Å². The van der Waals surface area contributed by atoms with E-state index in [0.717, 1.165) is 42.7 Å². The van der Waals surface area contributed by atoms with Gasteiger partial charge in [0.1, 0.15) is 11.6 Å². The summed E-state index contributed by atoms with van der Waals surface area (Å²) in [5.74, 6) is 1.72. The molecular weight excluding hydrogens is 400 g/mol. The Labute approximate surface area is 177 Å². The van der Waals surface area contributed by atoms with Gasteiger partial charge in [-0.2, -0.15) is 4.31 Å². The zero-order valence-corrected chi connectivity index (χ0v) is 18.3. The van der Waals surface area contributed by atoms with Gasteiger partial charge in [-0.15, -0.1) is 0 Å². The van der Waals surface area contributed by atoms with Crippen molar-refractivity contribution in [3.05, 3.63) is 48.5 Å². The van der Waals surface area contributed by atoms with Gasteiger partial charge in [0, 0.05) is 31.7 Å². The summed E-state index contributed by atoms with van der Waals surface area (Å²) in [6, 6.07) is 8.64. The minimum atomic E-state index is -3.54. The molecule has 1 atom stereocenters. The van der Waals surface area contributed by atoms with E-state index in [4.69, 9.17) is 9.72 Å². The van der Waals surface area contributed by atoms with Crippen LogP contribution < -0.4 is 4.74 Å². The first-order valence-electron chi connectivity index (χ1n) is 10.6. The number of nitrogens with zero attached hydrogens (tertiary/aromatic N) is 4. The fourth-order valence-corrected chi connectivity index (χ4v) is 5.48. The molecule has 3 aromatic rings. The topological polar surface area (TPSA) is 77.3 Å². The lowest BCUT2D eigenvalue weighted by atomic mass is 10.1. The number of aryl methyl sites for hydroxylation is 1. The van der Waals surface area contributed by atoms with Crippen LogP contribution in [0.3, 0.4) is 0 Å².